The maximum Gasteiger partial charge on any atom is 0.267 e. The Bertz CT molecular complexity index is 846. The van der Waals surface area contributed by atoms with E-state index in [2.05, 4.69) is 4.90 Å². The van der Waals surface area contributed by atoms with Gasteiger partial charge >= 0.3 is 0 Å². The van der Waals surface area contributed by atoms with Gasteiger partial charge in [0.05, 0.1) is 0 Å². The van der Waals surface area contributed by atoms with Crippen molar-refractivity contribution in [1.82, 2.24) is 9.80 Å². The van der Waals surface area contributed by atoms with E-state index in [1.165, 1.54) is 12.1 Å². The van der Waals surface area contributed by atoms with E-state index in [4.69, 9.17) is 21.1 Å². The van der Waals surface area contributed by atoms with Gasteiger partial charge in [-0.1, -0.05) is 23.7 Å². The minimum absolute atomic E-state index is 0.0516. The first kappa shape index (κ1) is 19.0. The third-order valence-electron chi connectivity index (χ3n) is 5.06. The van der Waals surface area contributed by atoms with Gasteiger partial charge in [-0.15, -0.1) is 0 Å². The molecule has 0 aromatic heterocycles. The van der Waals surface area contributed by atoms with E-state index in [0.29, 0.717) is 29.6 Å². The van der Waals surface area contributed by atoms with E-state index in [1.54, 1.807) is 30.3 Å². The van der Waals surface area contributed by atoms with Crippen LogP contribution in [0.5, 0.6) is 11.5 Å². The Morgan fingerprint density at radius 2 is 1.89 bits per heavy atom. The number of nitrogens with zero attached hydrogens (tertiary/aromatic N) is 2. The van der Waals surface area contributed by atoms with Gasteiger partial charge in [-0.3, -0.25) is 9.69 Å². The number of carbonyl (C=O) groups excluding carboxylic acids is 1. The number of hydrogen-bond acceptors (Lipinski definition) is 4. The molecule has 1 atom stereocenters. The number of ether oxygens (including phenoxy) is 2. The molecule has 0 aliphatic carbocycles. The van der Waals surface area contributed by atoms with Gasteiger partial charge in [0.15, 0.2) is 11.5 Å². The zero-order valence-corrected chi connectivity index (χ0v) is 16.2. The van der Waals surface area contributed by atoms with Crippen molar-refractivity contribution in [3.63, 3.8) is 0 Å². The van der Waals surface area contributed by atoms with Crippen molar-refractivity contribution >= 4 is 17.5 Å². The van der Waals surface area contributed by atoms with Crippen molar-refractivity contribution in [1.29, 1.82) is 0 Å². The van der Waals surface area contributed by atoms with Crippen LogP contribution in [0, 0.1) is 5.82 Å². The maximum atomic E-state index is 13.1. The van der Waals surface area contributed by atoms with Gasteiger partial charge in [0.25, 0.3) is 5.91 Å². The van der Waals surface area contributed by atoms with Crippen LogP contribution in [0.25, 0.3) is 0 Å². The Morgan fingerprint density at radius 3 is 2.71 bits per heavy atom. The topological polar surface area (TPSA) is 42.0 Å². The summed E-state index contributed by atoms with van der Waals surface area (Å²) in [5.74, 6) is 0.832. The molecule has 0 bridgehead atoms. The molecule has 7 heteroatoms. The van der Waals surface area contributed by atoms with E-state index in [1.807, 2.05) is 4.90 Å². The number of halogens is 2. The summed E-state index contributed by atoms with van der Waals surface area (Å²) in [6.45, 7) is 3.91. The lowest BCUT2D eigenvalue weighted by molar-refractivity contribution is -0.141. The van der Waals surface area contributed by atoms with Crippen molar-refractivity contribution in [2.24, 2.45) is 0 Å². The SMILES string of the molecule is O=C(C1COc2cc(Cl)ccc2O1)N1CCCN(Cc2ccc(F)cc2)CC1. The van der Waals surface area contributed by atoms with Crippen LogP contribution in [0.4, 0.5) is 4.39 Å². The zero-order chi connectivity index (χ0) is 19.5. The molecule has 4 rings (SSSR count). The van der Waals surface area contributed by atoms with Crippen LogP contribution < -0.4 is 9.47 Å². The fraction of sp³-hybridized carbons (Fsp3) is 0.381. The Hall–Kier alpha value is -2.31. The van der Waals surface area contributed by atoms with Crippen LogP contribution in [0.1, 0.15) is 12.0 Å². The molecule has 0 N–H and O–H groups in total. The second kappa shape index (κ2) is 8.37. The standard InChI is InChI=1S/C21H22ClFN2O3/c22-16-4-7-18-19(12-16)27-14-20(28-18)21(26)25-9-1-8-24(10-11-25)13-15-2-5-17(23)6-3-15/h2-7,12,20H,1,8-11,13-14H2. The lowest BCUT2D eigenvalue weighted by Gasteiger charge is -2.30. The molecule has 1 fully saturated rings. The number of carbonyl (C=O) groups is 1. The Morgan fingerprint density at radius 1 is 1.07 bits per heavy atom. The predicted molar refractivity (Wildman–Crippen MR) is 104 cm³/mol. The first-order chi connectivity index (χ1) is 13.6. The third kappa shape index (κ3) is 4.39. The summed E-state index contributed by atoms with van der Waals surface area (Å²) >= 11 is 5.96. The van der Waals surface area contributed by atoms with Crippen molar-refractivity contribution in [3.05, 3.63) is 58.9 Å². The summed E-state index contributed by atoms with van der Waals surface area (Å²) < 4.78 is 24.6. The lowest BCUT2D eigenvalue weighted by Crippen LogP contribution is -2.47. The van der Waals surface area contributed by atoms with Crippen molar-refractivity contribution in [3.8, 4) is 11.5 Å². The van der Waals surface area contributed by atoms with E-state index in [9.17, 15) is 9.18 Å². The highest BCUT2D eigenvalue weighted by Crippen LogP contribution is 2.34. The quantitative estimate of drug-likeness (QED) is 0.786. The molecule has 1 amide bonds. The highest BCUT2D eigenvalue weighted by Gasteiger charge is 2.32. The highest BCUT2D eigenvalue weighted by molar-refractivity contribution is 6.30. The summed E-state index contributed by atoms with van der Waals surface area (Å²) in [7, 11) is 0. The highest BCUT2D eigenvalue weighted by atomic mass is 35.5. The first-order valence-corrected chi connectivity index (χ1v) is 9.81. The Balaban J connectivity index is 1.34. The smallest absolute Gasteiger partial charge is 0.267 e. The van der Waals surface area contributed by atoms with Crippen molar-refractivity contribution < 1.29 is 18.7 Å². The van der Waals surface area contributed by atoms with Crippen LogP contribution in [-0.2, 0) is 11.3 Å². The van der Waals surface area contributed by atoms with Gasteiger partial charge in [-0.2, -0.15) is 0 Å². The first-order valence-electron chi connectivity index (χ1n) is 9.43. The average Bonchev–Trinajstić information content (AvgIpc) is 2.94. The minimum Gasteiger partial charge on any atom is -0.485 e. The molecule has 28 heavy (non-hydrogen) atoms. The summed E-state index contributed by atoms with van der Waals surface area (Å²) in [6.07, 6.45) is 0.240. The molecule has 148 valence electrons. The molecule has 2 aromatic rings. The molecule has 0 saturated carbocycles. The zero-order valence-electron chi connectivity index (χ0n) is 15.4. The summed E-state index contributed by atoms with van der Waals surface area (Å²) in [4.78, 5) is 17.1. The largest absolute Gasteiger partial charge is 0.485 e. The maximum absolute atomic E-state index is 13.1. The Kier molecular flexibility index (Phi) is 5.69. The predicted octanol–water partition coefficient (Wildman–Crippen LogP) is 3.35. The molecular weight excluding hydrogens is 383 g/mol. The molecule has 2 heterocycles. The molecule has 0 radical (unpaired) electrons. The molecule has 1 unspecified atom stereocenters. The molecule has 2 aliphatic rings. The van der Waals surface area contributed by atoms with Crippen molar-refractivity contribution in [2.75, 3.05) is 32.8 Å². The van der Waals surface area contributed by atoms with E-state index in [0.717, 1.165) is 31.6 Å². The van der Waals surface area contributed by atoms with Gasteiger partial charge in [0, 0.05) is 43.8 Å². The normalized spacial score (nSPS) is 19.9. The lowest BCUT2D eigenvalue weighted by atomic mass is 10.2. The minimum atomic E-state index is -0.641. The van der Waals surface area contributed by atoms with Crippen molar-refractivity contribution in [2.45, 2.75) is 19.1 Å². The van der Waals surface area contributed by atoms with Gasteiger partial charge in [0.2, 0.25) is 6.10 Å². The fourth-order valence-electron chi connectivity index (χ4n) is 3.57. The molecule has 2 aromatic carbocycles. The Labute approximate surface area is 168 Å². The second-order valence-corrected chi connectivity index (χ2v) is 7.53. The van der Waals surface area contributed by atoms with Gasteiger partial charge in [-0.25, -0.2) is 4.39 Å². The van der Waals surface area contributed by atoms with E-state index in [-0.39, 0.29) is 18.3 Å². The van der Waals surface area contributed by atoms with E-state index < -0.39 is 6.10 Å². The number of hydrogen-bond donors (Lipinski definition) is 0. The van der Waals surface area contributed by atoms with E-state index >= 15 is 0 Å². The fourth-order valence-corrected chi connectivity index (χ4v) is 3.73. The molecule has 0 spiro atoms. The van der Waals surface area contributed by atoms with Gasteiger partial charge in [0.1, 0.15) is 12.4 Å². The summed E-state index contributed by atoms with van der Waals surface area (Å²) in [6, 6.07) is 11.7. The number of fused-ring (bicyclic) bond motifs is 1. The summed E-state index contributed by atoms with van der Waals surface area (Å²) in [5.41, 5.74) is 1.07. The molecule has 5 nitrogen and oxygen atoms in total. The summed E-state index contributed by atoms with van der Waals surface area (Å²) in [5, 5.41) is 0.570. The monoisotopic (exact) mass is 404 g/mol. The molecule has 2 aliphatic heterocycles. The van der Waals surface area contributed by atoms with Crippen LogP contribution >= 0.6 is 11.6 Å². The number of benzene rings is 2. The van der Waals surface area contributed by atoms with Gasteiger partial charge < -0.3 is 14.4 Å². The van der Waals surface area contributed by atoms with Crippen LogP contribution in [0.15, 0.2) is 42.5 Å². The van der Waals surface area contributed by atoms with Crippen LogP contribution in [-0.4, -0.2) is 54.6 Å². The van der Waals surface area contributed by atoms with Gasteiger partial charge in [-0.05, 0) is 36.2 Å². The average molecular weight is 405 g/mol. The molecule has 1 saturated heterocycles. The number of rotatable bonds is 3. The van der Waals surface area contributed by atoms with Crippen LogP contribution in [0.2, 0.25) is 5.02 Å². The third-order valence-corrected chi connectivity index (χ3v) is 5.30. The van der Waals surface area contributed by atoms with Crippen LogP contribution in [0.3, 0.4) is 0 Å². The molecular formula is C21H22ClFN2O3. The number of amides is 1. The second-order valence-electron chi connectivity index (χ2n) is 7.09.